The summed E-state index contributed by atoms with van der Waals surface area (Å²) in [6.07, 6.45) is -3.49. The van der Waals surface area contributed by atoms with Crippen LogP contribution in [0, 0.1) is 5.82 Å². The number of rotatable bonds is 3. The van der Waals surface area contributed by atoms with E-state index in [4.69, 9.17) is 5.84 Å². The van der Waals surface area contributed by atoms with Gasteiger partial charge in [0.1, 0.15) is 5.82 Å². The van der Waals surface area contributed by atoms with Crippen LogP contribution in [0.15, 0.2) is 28.9 Å². The van der Waals surface area contributed by atoms with E-state index < -0.39 is 23.0 Å². The molecule has 3 N–H and O–H groups in total. The summed E-state index contributed by atoms with van der Waals surface area (Å²) in [5, 5.41) is -0.997. The summed E-state index contributed by atoms with van der Waals surface area (Å²) >= 11 is 3.60. The highest BCUT2D eigenvalue weighted by Crippen LogP contribution is 2.36. The molecule has 0 aliphatic heterocycles. The predicted octanol–water partition coefficient (Wildman–Crippen LogP) is 3.62. The third-order valence-corrected chi connectivity index (χ3v) is 4.09. The lowest BCUT2D eigenvalue weighted by Gasteiger charge is -2.15. The van der Waals surface area contributed by atoms with Crippen molar-refractivity contribution in [2.45, 2.75) is 12.2 Å². The second-order valence-corrected chi connectivity index (χ2v) is 5.81. The Kier molecular flexibility index (Phi) is 4.43. The maximum Gasteiger partial charge on any atom is 0.443 e. The number of nitrogens with two attached hydrogens (primary N) is 1. The molecular weight excluding hydrogens is 362 g/mol. The molecule has 0 saturated heterocycles. The van der Waals surface area contributed by atoms with Gasteiger partial charge in [-0.2, -0.15) is 13.2 Å². The van der Waals surface area contributed by atoms with Crippen LogP contribution < -0.4 is 11.3 Å². The molecule has 0 radical (unpaired) electrons. The largest absolute Gasteiger partial charge is 0.443 e. The fourth-order valence-electron chi connectivity index (χ4n) is 1.61. The summed E-state index contributed by atoms with van der Waals surface area (Å²) in [6, 6.07) is 3.24. The molecule has 1 aromatic carbocycles. The van der Waals surface area contributed by atoms with Crippen molar-refractivity contribution in [3.63, 3.8) is 0 Å². The van der Waals surface area contributed by atoms with Gasteiger partial charge in [-0.25, -0.2) is 14.8 Å². The molecule has 9 heteroatoms. The van der Waals surface area contributed by atoms with E-state index in [0.29, 0.717) is 15.8 Å². The lowest BCUT2D eigenvalue weighted by Crippen LogP contribution is -2.29. The van der Waals surface area contributed by atoms with Gasteiger partial charge in [0, 0.05) is 21.1 Å². The topological polar surface area (TPSA) is 50.9 Å². The van der Waals surface area contributed by atoms with Gasteiger partial charge in [-0.3, -0.25) is 5.84 Å². The maximum absolute atomic E-state index is 13.8. The SMILES string of the molecule is NNC(c1cnc(C(F)(F)F)s1)c1cc(Br)ccc1F. The Balaban J connectivity index is 2.42. The van der Waals surface area contributed by atoms with Crippen LogP contribution >= 0.6 is 27.3 Å². The van der Waals surface area contributed by atoms with E-state index in [9.17, 15) is 17.6 Å². The van der Waals surface area contributed by atoms with Crippen LogP contribution in [-0.4, -0.2) is 4.98 Å². The van der Waals surface area contributed by atoms with Crippen LogP contribution in [-0.2, 0) is 6.18 Å². The van der Waals surface area contributed by atoms with Crippen LogP contribution in [0.2, 0.25) is 0 Å². The minimum Gasteiger partial charge on any atom is -0.271 e. The zero-order chi connectivity index (χ0) is 14.9. The Morgan fingerprint density at radius 1 is 1.35 bits per heavy atom. The first-order valence-electron chi connectivity index (χ1n) is 5.27. The highest BCUT2D eigenvalue weighted by atomic mass is 79.9. The monoisotopic (exact) mass is 369 g/mol. The van der Waals surface area contributed by atoms with Gasteiger partial charge in [-0.05, 0) is 18.2 Å². The van der Waals surface area contributed by atoms with Crippen LogP contribution in [0.25, 0.3) is 0 Å². The van der Waals surface area contributed by atoms with Gasteiger partial charge in [-0.1, -0.05) is 15.9 Å². The first-order chi connectivity index (χ1) is 9.32. The lowest BCUT2D eigenvalue weighted by molar-refractivity contribution is -0.137. The number of hydrazine groups is 1. The number of aromatic nitrogens is 1. The van der Waals surface area contributed by atoms with Crippen LogP contribution in [0.3, 0.4) is 0 Å². The zero-order valence-corrected chi connectivity index (χ0v) is 12.1. The van der Waals surface area contributed by atoms with Gasteiger partial charge >= 0.3 is 6.18 Å². The summed E-state index contributed by atoms with van der Waals surface area (Å²) < 4.78 is 52.0. The van der Waals surface area contributed by atoms with Crippen molar-refractivity contribution in [1.82, 2.24) is 10.4 Å². The van der Waals surface area contributed by atoms with Gasteiger partial charge in [0.15, 0.2) is 5.01 Å². The Morgan fingerprint density at radius 3 is 2.60 bits per heavy atom. The Morgan fingerprint density at radius 2 is 2.05 bits per heavy atom. The van der Waals surface area contributed by atoms with Crippen molar-refractivity contribution < 1.29 is 17.6 Å². The van der Waals surface area contributed by atoms with E-state index in [0.717, 1.165) is 6.20 Å². The maximum atomic E-state index is 13.8. The molecule has 0 fully saturated rings. The average molecular weight is 370 g/mol. The second-order valence-electron chi connectivity index (χ2n) is 3.83. The molecule has 3 nitrogen and oxygen atoms in total. The van der Waals surface area contributed by atoms with Crippen LogP contribution in [0.4, 0.5) is 17.6 Å². The van der Waals surface area contributed by atoms with E-state index in [2.05, 4.69) is 26.3 Å². The molecule has 1 heterocycles. The van der Waals surface area contributed by atoms with Gasteiger partial charge < -0.3 is 0 Å². The number of alkyl halides is 3. The minimum atomic E-state index is -4.53. The zero-order valence-electron chi connectivity index (χ0n) is 9.71. The van der Waals surface area contributed by atoms with E-state index >= 15 is 0 Å². The molecule has 1 unspecified atom stereocenters. The predicted molar refractivity (Wildman–Crippen MR) is 70.4 cm³/mol. The molecule has 0 aliphatic carbocycles. The molecule has 20 heavy (non-hydrogen) atoms. The van der Waals surface area contributed by atoms with Crippen molar-refractivity contribution >= 4 is 27.3 Å². The summed E-state index contributed by atoms with van der Waals surface area (Å²) in [5.41, 5.74) is 2.45. The van der Waals surface area contributed by atoms with Gasteiger partial charge in [0.25, 0.3) is 0 Å². The molecule has 108 valence electrons. The first-order valence-corrected chi connectivity index (χ1v) is 6.88. The number of nitrogens with zero attached hydrogens (tertiary/aromatic N) is 1. The third-order valence-electron chi connectivity index (χ3n) is 2.49. The number of thiazole rings is 1. The Labute approximate surface area is 123 Å². The van der Waals surface area contributed by atoms with E-state index in [1.807, 2.05) is 0 Å². The number of halogens is 5. The molecule has 1 aromatic heterocycles. The van der Waals surface area contributed by atoms with Crippen molar-refractivity contribution in [1.29, 1.82) is 0 Å². The third kappa shape index (κ3) is 3.17. The van der Waals surface area contributed by atoms with Gasteiger partial charge in [0.2, 0.25) is 0 Å². The molecule has 0 amide bonds. The molecule has 2 rings (SSSR count). The van der Waals surface area contributed by atoms with Crippen molar-refractivity contribution in [3.05, 3.63) is 50.1 Å². The number of nitrogens with one attached hydrogen (secondary N) is 1. The molecular formula is C11H8BrF4N3S. The Bertz CT molecular complexity index is 614. The van der Waals surface area contributed by atoms with Gasteiger partial charge in [-0.15, -0.1) is 11.3 Å². The summed E-state index contributed by atoms with van der Waals surface area (Å²) in [4.78, 5) is 3.48. The normalized spacial score (nSPS) is 13.5. The molecule has 0 bridgehead atoms. The molecule has 1 atom stereocenters. The number of hydrogen-bond donors (Lipinski definition) is 2. The van der Waals surface area contributed by atoms with E-state index in [1.165, 1.54) is 18.2 Å². The highest BCUT2D eigenvalue weighted by Gasteiger charge is 2.35. The van der Waals surface area contributed by atoms with Gasteiger partial charge in [0.05, 0.1) is 6.04 Å². The summed E-state index contributed by atoms with van der Waals surface area (Å²) in [6.45, 7) is 0. The minimum absolute atomic E-state index is 0.138. The van der Waals surface area contributed by atoms with Crippen molar-refractivity contribution in [2.75, 3.05) is 0 Å². The molecule has 0 spiro atoms. The summed E-state index contributed by atoms with van der Waals surface area (Å²) in [7, 11) is 0. The fraction of sp³-hybridized carbons (Fsp3) is 0.182. The van der Waals surface area contributed by atoms with Crippen molar-refractivity contribution in [3.8, 4) is 0 Å². The number of benzene rings is 1. The standard InChI is InChI=1S/C11H8BrF4N3S/c12-5-1-2-7(13)6(3-5)9(19-17)8-4-18-10(20-8)11(14,15)16/h1-4,9,19H,17H2. The second kappa shape index (κ2) is 5.76. The van der Waals surface area contributed by atoms with Crippen LogP contribution in [0.5, 0.6) is 0 Å². The smallest absolute Gasteiger partial charge is 0.271 e. The number of hydrogen-bond acceptors (Lipinski definition) is 4. The fourth-order valence-corrected chi connectivity index (χ4v) is 2.85. The van der Waals surface area contributed by atoms with Crippen molar-refractivity contribution in [2.24, 2.45) is 5.84 Å². The molecule has 0 saturated carbocycles. The lowest BCUT2D eigenvalue weighted by atomic mass is 10.1. The van der Waals surface area contributed by atoms with Crippen LogP contribution in [0.1, 0.15) is 21.5 Å². The highest BCUT2D eigenvalue weighted by molar-refractivity contribution is 9.10. The molecule has 2 aromatic rings. The Hall–Kier alpha value is -1.03. The summed E-state index contributed by atoms with van der Waals surface area (Å²) in [5.74, 6) is 4.77. The van der Waals surface area contributed by atoms with E-state index in [1.54, 1.807) is 0 Å². The average Bonchev–Trinajstić information content (AvgIpc) is 2.84. The quantitative estimate of drug-likeness (QED) is 0.493. The first kappa shape index (κ1) is 15.4. The van der Waals surface area contributed by atoms with E-state index in [-0.39, 0.29) is 10.4 Å². The molecule has 0 aliphatic rings.